The molecule has 0 amide bonds. The van der Waals surface area contributed by atoms with E-state index in [1.54, 1.807) is 26.4 Å². The van der Waals surface area contributed by atoms with Crippen molar-refractivity contribution >= 4 is 11.6 Å². The van der Waals surface area contributed by atoms with E-state index >= 15 is 0 Å². The quantitative estimate of drug-likeness (QED) is 0.693. The Kier molecular flexibility index (Phi) is 5.56. The van der Waals surface area contributed by atoms with Crippen molar-refractivity contribution in [1.82, 2.24) is 14.9 Å². The zero-order valence-corrected chi connectivity index (χ0v) is 17.1. The number of methoxy groups -OCH3 is 2. The number of hydrogen-bond acceptors (Lipinski definition) is 5. The molecular formula is C22H22ClN3O3. The van der Waals surface area contributed by atoms with Crippen molar-refractivity contribution in [2.45, 2.75) is 19.5 Å². The number of aromatic nitrogens is 2. The van der Waals surface area contributed by atoms with E-state index in [9.17, 15) is 4.79 Å². The third-order valence-electron chi connectivity index (χ3n) is 5.18. The fraction of sp³-hybridized carbons (Fsp3) is 0.273. The average molecular weight is 412 g/mol. The van der Waals surface area contributed by atoms with Gasteiger partial charge in [-0.25, -0.2) is 4.98 Å². The summed E-state index contributed by atoms with van der Waals surface area (Å²) in [5, 5.41) is 0.650. The van der Waals surface area contributed by atoms with Gasteiger partial charge in [0.15, 0.2) is 0 Å². The van der Waals surface area contributed by atoms with E-state index in [0.717, 1.165) is 34.9 Å². The van der Waals surface area contributed by atoms with Gasteiger partial charge in [0.2, 0.25) is 0 Å². The monoisotopic (exact) mass is 411 g/mol. The molecule has 2 heterocycles. The molecule has 0 saturated carbocycles. The lowest BCUT2D eigenvalue weighted by molar-refractivity contribution is 0.234. The molecule has 1 N–H and O–H groups in total. The van der Waals surface area contributed by atoms with Crippen LogP contribution in [-0.4, -0.2) is 35.6 Å². The lowest BCUT2D eigenvalue weighted by Crippen LogP contribution is -2.35. The van der Waals surface area contributed by atoms with E-state index in [2.05, 4.69) is 9.88 Å². The number of fused-ring (bicyclic) bond motifs is 1. The van der Waals surface area contributed by atoms with Crippen LogP contribution >= 0.6 is 11.6 Å². The van der Waals surface area contributed by atoms with Crippen molar-refractivity contribution in [3.8, 4) is 22.9 Å². The van der Waals surface area contributed by atoms with Gasteiger partial charge in [-0.15, -0.1) is 0 Å². The van der Waals surface area contributed by atoms with Crippen molar-refractivity contribution in [3.05, 3.63) is 74.7 Å². The predicted molar refractivity (Wildman–Crippen MR) is 113 cm³/mol. The van der Waals surface area contributed by atoms with Gasteiger partial charge < -0.3 is 14.5 Å². The van der Waals surface area contributed by atoms with Crippen LogP contribution in [0.3, 0.4) is 0 Å². The molecule has 1 aromatic heterocycles. The summed E-state index contributed by atoms with van der Waals surface area (Å²) in [6, 6.07) is 13.0. The molecule has 2 aromatic carbocycles. The molecule has 0 bridgehead atoms. The number of rotatable bonds is 5. The van der Waals surface area contributed by atoms with Gasteiger partial charge in [-0.3, -0.25) is 9.69 Å². The average Bonchev–Trinajstić information content (AvgIpc) is 2.74. The summed E-state index contributed by atoms with van der Waals surface area (Å²) in [6.45, 7) is 1.95. The Morgan fingerprint density at radius 3 is 2.45 bits per heavy atom. The SMILES string of the molecule is COc1cccc(OC)c1CN1CCc2nc(-c3ccc(Cl)cc3)[nH]c(=O)c2C1. The van der Waals surface area contributed by atoms with Crippen LogP contribution in [-0.2, 0) is 19.5 Å². The number of halogens is 1. The van der Waals surface area contributed by atoms with Crippen LogP contribution < -0.4 is 15.0 Å². The second-order valence-corrected chi connectivity index (χ2v) is 7.38. The molecule has 6 nitrogen and oxygen atoms in total. The maximum Gasteiger partial charge on any atom is 0.255 e. The lowest BCUT2D eigenvalue weighted by Gasteiger charge is -2.28. The first-order valence-corrected chi connectivity index (χ1v) is 9.77. The van der Waals surface area contributed by atoms with Gasteiger partial charge >= 0.3 is 0 Å². The zero-order valence-electron chi connectivity index (χ0n) is 16.4. The van der Waals surface area contributed by atoms with Gasteiger partial charge in [0, 0.05) is 36.6 Å². The molecule has 3 aromatic rings. The first kappa shape index (κ1) is 19.5. The van der Waals surface area contributed by atoms with E-state index in [0.29, 0.717) is 35.9 Å². The number of nitrogens with one attached hydrogen (secondary N) is 1. The number of H-pyrrole nitrogens is 1. The summed E-state index contributed by atoms with van der Waals surface area (Å²) >= 11 is 5.96. The highest BCUT2D eigenvalue weighted by Crippen LogP contribution is 2.31. The summed E-state index contributed by atoms with van der Waals surface area (Å²) in [5.74, 6) is 2.13. The van der Waals surface area contributed by atoms with Gasteiger partial charge in [-0.05, 0) is 36.4 Å². The fourth-order valence-corrected chi connectivity index (χ4v) is 3.79. The largest absolute Gasteiger partial charge is 0.496 e. The zero-order chi connectivity index (χ0) is 20.4. The Balaban J connectivity index is 1.60. The molecular weight excluding hydrogens is 390 g/mol. The van der Waals surface area contributed by atoms with Gasteiger partial charge in [0.05, 0.1) is 31.0 Å². The molecule has 150 valence electrons. The van der Waals surface area contributed by atoms with Crippen molar-refractivity contribution in [1.29, 1.82) is 0 Å². The summed E-state index contributed by atoms with van der Waals surface area (Å²) in [4.78, 5) is 22.6. The summed E-state index contributed by atoms with van der Waals surface area (Å²) < 4.78 is 11.0. The second-order valence-electron chi connectivity index (χ2n) is 6.95. The van der Waals surface area contributed by atoms with E-state index < -0.39 is 0 Å². The van der Waals surface area contributed by atoms with Crippen LogP contribution in [0.25, 0.3) is 11.4 Å². The van der Waals surface area contributed by atoms with E-state index in [1.165, 1.54) is 0 Å². The molecule has 1 aliphatic rings. The molecule has 7 heteroatoms. The Hall–Kier alpha value is -2.83. The molecule has 0 unspecified atom stereocenters. The predicted octanol–water partition coefficient (Wildman–Crippen LogP) is 3.67. The van der Waals surface area contributed by atoms with Crippen molar-refractivity contribution < 1.29 is 9.47 Å². The molecule has 4 rings (SSSR count). The summed E-state index contributed by atoms with van der Waals surface area (Å²) in [6.07, 6.45) is 0.706. The highest BCUT2D eigenvalue weighted by molar-refractivity contribution is 6.30. The first-order valence-electron chi connectivity index (χ1n) is 9.39. The van der Waals surface area contributed by atoms with Crippen molar-refractivity contribution in [3.63, 3.8) is 0 Å². The molecule has 0 fully saturated rings. The van der Waals surface area contributed by atoms with Gasteiger partial charge in [0.25, 0.3) is 5.56 Å². The van der Waals surface area contributed by atoms with E-state index in [4.69, 9.17) is 26.1 Å². The first-order chi connectivity index (χ1) is 14.1. The Morgan fingerprint density at radius 1 is 1.10 bits per heavy atom. The number of ether oxygens (including phenoxy) is 2. The minimum Gasteiger partial charge on any atom is -0.496 e. The van der Waals surface area contributed by atoms with Gasteiger partial charge in [-0.2, -0.15) is 0 Å². The summed E-state index contributed by atoms with van der Waals surface area (Å²) in [7, 11) is 3.30. The molecule has 0 aliphatic carbocycles. The van der Waals surface area contributed by atoms with Gasteiger partial charge in [0.1, 0.15) is 17.3 Å². The highest BCUT2D eigenvalue weighted by atomic mass is 35.5. The second kappa shape index (κ2) is 8.27. The summed E-state index contributed by atoms with van der Waals surface area (Å²) in [5.41, 5.74) is 3.28. The smallest absolute Gasteiger partial charge is 0.255 e. The van der Waals surface area contributed by atoms with Crippen LogP contribution in [0.5, 0.6) is 11.5 Å². The number of nitrogens with zero attached hydrogens (tertiary/aromatic N) is 2. The topological polar surface area (TPSA) is 67.5 Å². The van der Waals surface area contributed by atoms with Crippen LogP contribution in [0.1, 0.15) is 16.8 Å². The van der Waals surface area contributed by atoms with Crippen LogP contribution in [0.2, 0.25) is 5.02 Å². The Morgan fingerprint density at radius 2 is 1.79 bits per heavy atom. The van der Waals surface area contributed by atoms with E-state index in [-0.39, 0.29) is 5.56 Å². The van der Waals surface area contributed by atoms with Gasteiger partial charge in [-0.1, -0.05) is 17.7 Å². The minimum atomic E-state index is -0.100. The maximum atomic E-state index is 12.8. The molecule has 0 saturated heterocycles. The normalized spacial score (nSPS) is 13.8. The standard InChI is InChI=1S/C22H22ClN3O3/c1-28-19-4-3-5-20(29-2)17(19)13-26-11-10-18-16(12-26)22(27)25-21(24-18)14-6-8-15(23)9-7-14/h3-9H,10-13H2,1-2H3,(H,24,25,27). The highest BCUT2D eigenvalue weighted by Gasteiger charge is 2.23. The number of benzene rings is 2. The Labute approximate surface area is 174 Å². The number of aromatic amines is 1. The molecule has 0 spiro atoms. The lowest BCUT2D eigenvalue weighted by atomic mass is 10.0. The molecule has 0 radical (unpaired) electrons. The minimum absolute atomic E-state index is 0.100. The molecule has 1 aliphatic heterocycles. The van der Waals surface area contributed by atoms with Crippen LogP contribution in [0.4, 0.5) is 0 Å². The van der Waals surface area contributed by atoms with Crippen molar-refractivity contribution in [2.75, 3.05) is 20.8 Å². The maximum absolute atomic E-state index is 12.8. The van der Waals surface area contributed by atoms with Crippen molar-refractivity contribution in [2.24, 2.45) is 0 Å². The third-order valence-corrected chi connectivity index (χ3v) is 5.43. The van der Waals surface area contributed by atoms with Crippen LogP contribution in [0, 0.1) is 0 Å². The number of hydrogen-bond donors (Lipinski definition) is 1. The fourth-order valence-electron chi connectivity index (χ4n) is 3.67. The Bertz CT molecular complexity index is 1060. The van der Waals surface area contributed by atoms with Crippen LogP contribution in [0.15, 0.2) is 47.3 Å². The molecule has 29 heavy (non-hydrogen) atoms. The third kappa shape index (κ3) is 3.99. The van der Waals surface area contributed by atoms with E-state index in [1.807, 2.05) is 30.3 Å². The molecule has 0 atom stereocenters.